The Morgan fingerprint density at radius 1 is 1.00 bits per heavy atom. The Morgan fingerprint density at radius 2 is 1.58 bits per heavy atom. The molecule has 0 aliphatic carbocycles. The molecule has 1 N–H and O–H groups in total. The van der Waals surface area contributed by atoms with Gasteiger partial charge in [0.15, 0.2) is 0 Å². The van der Waals surface area contributed by atoms with E-state index in [0.717, 1.165) is 55.8 Å². The fourth-order valence-electron chi connectivity index (χ4n) is 4.79. The first-order valence-corrected chi connectivity index (χ1v) is 12.9. The minimum absolute atomic E-state index is 0.0677. The number of benzene rings is 1. The summed E-state index contributed by atoms with van der Waals surface area (Å²) in [6.07, 6.45) is 2.11. The van der Waals surface area contributed by atoms with Crippen molar-refractivity contribution in [2.75, 3.05) is 59.4 Å². The lowest BCUT2D eigenvalue weighted by molar-refractivity contribution is -0.126. The molecule has 2 heterocycles. The van der Waals surface area contributed by atoms with Gasteiger partial charge in [-0.05, 0) is 64.8 Å². The van der Waals surface area contributed by atoms with Crippen molar-refractivity contribution in [1.29, 1.82) is 0 Å². The molecule has 0 aromatic heterocycles. The molecule has 174 valence electrons. The highest BCUT2D eigenvalue weighted by molar-refractivity contribution is 7.89. The van der Waals surface area contributed by atoms with E-state index in [4.69, 9.17) is 0 Å². The highest BCUT2D eigenvalue weighted by Crippen LogP contribution is 2.28. The molecule has 1 aromatic carbocycles. The Bertz CT molecular complexity index is 848. The van der Waals surface area contributed by atoms with Gasteiger partial charge in [0.1, 0.15) is 0 Å². The number of hydrogen-bond acceptors (Lipinski definition) is 5. The number of aryl methyl sites for hydroxylation is 3. The first-order chi connectivity index (χ1) is 14.7. The second-order valence-electron chi connectivity index (χ2n) is 9.20. The first kappa shape index (κ1) is 24.2. The van der Waals surface area contributed by atoms with E-state index in [1.165, 1.54) is 0 Å². The number of carbonyl (C=O) groups excluding carboxylic acids is 1. The zero-order valence-electron chi connectivity index (χ0n) is 19.5. The minimum Gasteiger partial charge on any atom is -0.356 e. The standard InChI is InChI=1S/C23H38N4O3S/c1-18-16-19(2)22(20(3)17-18)31(29,30)27-10-6-21(7-11-27)23(28)24-8-5-9-26-14-12-25(4)13-15-26/h16-17,21H,5-15H2,1-4H3,(H,24,28). The highest BCUT2D eigenvalue weighted by Gasteiger charge is 2.33. The van der Waals surface area contributed by atoms with Crippen molar-refractivity contribution in [3.8, 4) is 0 Å². The van der Waals surface area contributed by atoms with Gasteiger partial charge in [-0.2, -0.15) is 4.31 Å². The molecule has 0 saturated carbocycles. The molecule has 2 aliphatic rings. The van der Waals surface area contributed by atoms with E-state index in [-0.39, 0.29) is 11.8 Å². The number of amides is 1. The maximum atomic E-state index is 13.2. The molecule has 0 bridgehead atoms. The van der Waals surface area contributed by atoms with E-state index in [0.29, 0.717) is 37.4 Å². The number of nitrogens with zero attached hydrogens (tertiary/aromatic N) is 3. The number of nitrogens with one attached hydrogen (secondary N) is 1. The molecule has 3 rings (SSSR count). The second-order valence-corrected chi connectivity index (χ2v) is 11.1. The molecule has 31 heavy (non-hydrogen) atoms. The zero-order chi connectivity index (χ0) is 22.6. The van der Waals surface area contributed by atoms with Gasteiger partial charge in [0.25, 0.3) is 0 Å². The number of piperidine rings is 1. The molecule has 1 aromatic rings. The van der Waals surface area contributed by atoms with Crippen molar-refractivity contribution in [1.82, 2.24) is 19.4 Å². The third kappa shape index (κ3) is 6.06. The predicted octanol–water partition coefficient (Wildman–Crippen LogP) is 1.77. The summed E-state index contributed by atoms with van der Waals surface area (Å²) >= 11 is 0. The van der Waals surface area contributed by atoms with Gasteiger partial charge < -0.3 is 15.1 Å². The Labute approximate surface area is 187 Å². The molecule has 0 radical (unpaired) electrons. The summed E-state index contributed by atoms with van der Waals surface area (Å²) in [5, 5.41) is 3.07. The third-order valence-electron chi connectivity index (χ3n) is 6.57. The Morgan fingerprint density at radius 3 is 2.16 bits per heavy atom. The molecule has 2 aliphatic heterocycles. The summed E-state index contributed by atoms with van der Waals surface area (Å²) in [5.74, 6) is -0.0339. The van der Waals surface area contributed by atoms with Crippen molar-refractivity contribution in [2.24, 2.45) is 5.92 Å². The van der Waals surface area contributed by atoms with Crippen LogP contribution in [0.1, 0.15) is 36.0 Å². The molecule has 1 amide bonds. The van der Waals surface area contributed by atoms with Crippen LogP contribution in [0, 0.1) is 26.7 Å². The maximum Gasteiger partial charge on any atom is 0.243 e. The number of piperazine rings is 1. The van der Waals surface area contributed by atoms with E-state index in [1.54, 1.807) is 4.31 Å². The molecule has 0 spiro atoms. The normalized spacial score (nSPS) is 20.1. The molecule has 2 saturated heterocycles. The van der Waals surface area contributed by atoms with Crippen LogP contribution in [0.4, 0.5) is 0 Å². The summed E-state index contributed by atoms with van der Waals surface area (Å²) in [4.78, 5) is 17.8. The van der Waals surface area contributed by atoms with Gasteiger partial charge in [-0.1, -0.05) is 17.7 Å². The zero-order valence-corrected chi connectivity index (χ0v) is 20.3. The number of hydrogen-bond donors (Lipinski definition) is 1. The topological polar surface area (TPSA) is 73.0 Å². The summed E-state index contributed by atoms with van der Waals surface area (Å²) in [5.41, 5.74) is 2.65. The van der Waals surface area contributed by atoms with E-state index >= 15 is 0 Å². The maximum absolute atomic E-state index is 13.2. The van der Waals surface area contributed by atoms with Gasteiger partial charge in [0, 0.05) is 51.7 Å². The van der Waals surface area contributed by atoms with E-state index in [2.05, 4.69) is 22.2 Å². The van der Waals surface area contributed by atoms with Gasteiger partial charge in [-0.15, -0.1) is 0 Å². The Hall–Kier alpha value is -1.48. The van der Waals surface area contributed by atoms with E-state index in [9.17, 15) is 13.2 Å². The van der Waals surface area contributed by atoms with Crippen molar-refractivity contribution in [3.63, 3.8) is 0 Å². The van der Waals surface area contributed by atoms with Gasteiger partial charge in [0.05, 0.1) is 4.90 Å². The quantitative estimate of drug-likeness (QED) is 0.641. The molecule has 7 nitrogen and oxygen atoms in total. The molecule has 0 unspecified atom stereocenters. The van der Waals surface area contributed by atoms with Crippen LogP contribution in [0.2, 0.25) is 0 Å². The lowest BCUT2D eigenvalue weighted by Gasteiger charge is -2.32. The lowest BCUT2D eigenvalue weighted by atomic mass is 9.97. The SMILES string of the molecule is Cc1cc(C)c(S(=O)(=O)N2CCC(C(=O)NCCCN3CCN(C)CC3)CC2)c(C)c1. The molecular weight excluding hydrogens is 412 g/mol. The van der Waals surface area contributed by atoms with Crippen LogP contribution in [-0.2, 0) is 14.8 Å². The predicted molar refractivity (Wildman–Crippen MR) is 124 cm³/mol. The van der Waals surface area contributed by atoms with Crippen molar-refractivity contribution in [3.05, 3.63) is 28.8 Å². The number of rotatable bonds is 7. The van der Waals surface area contributed by atoms with Crippen LogP contribution in [0.5, 0.6) is 0 Å². The smallest absolute Gasteiger partial charge is 0.243 e. The van der Waals surface area contributed by atoms with Gasteiger partial charge >= 0.3 is 0 Å². The monoisotopic (exact) mass is 450 g/mol. The van der Waals surface area contributed by atoms with E-state index < -0.39 is 10.0 Å². The summed E-state index contributed by atoms with van der Waals surface area (Å²) in [7, 11) is -1.38. The fourth-order valence-corrected chi connectivity index (χ4v) is 6.67. The van der Waals surface area contributed by atoms with Crippen LogP contribution >= 0.6 is 0 Å². The molecule has 8 heteroatoms. The van der Waals surface area contributed by atoms with Crippen LogP contribution in [0.25, 0.3) is 0 Å². The van der Waals surface area contributed by atoms with E-state index in [1.807, 2.05) is 32.9 Å². The lowest BCUT2D eigenvalue weighted by Crippen LogP contribution is -2.45. The summed E-state index contributed by atoms with van der Waals surface area (Å²) < 4.78 is 28.0. The molecular formula is C23H38N4O3S. The van der Waals surface area contributed by atoms with Gasteiger partial charge in [-0.3, -0.25) is 4.79 Å². The first-order valence-electron chi connectivity index (χ1n) is 11.4. The van der Waals surface area contributed by atoms with Crippen LogP contribution in [0.15, 0.2) is 17.0 Å². The largest absolute Gasteiger partial charge is 0.356 e. The molecule has 0 atom stereocenters. The Kier molecular flexibility index (Phi) is 8.13. The average molecular weight is 451 g/mol. The minimum atomic E-state index is -3.53. The number of carbonyl (C=O) groups is 1. The number of likely N-dealkylation sites (N-methyl/N-ethyl adjacent to an activating group) is 1. The Balaban J connectivity index is 1.45. The fraction of sp³-hybridized carbons (Fsp3) is 0.696. The van der Waals surface area contributed by atoms with Crippen LogP contribution in [0.3, 0.4) is 0 Å². The molecule has 2 fully saturated rings. The van der Waals surface area contributed by atoms with Crippen LogP contribution in [-0.4, -0.2) is 87.8 Å². The summed E-state index contributed by atoms with van der Waals surface area (Å²) in [6, 6.07) is 3.84. The van der Waals surface area contributed by atoms with Crippen molar-refractivity contribution >= 4 is 15.9 Å². The average Bonchev–Trinajstić information content (AvgIpc) is 2.71. The van der Waals surface area contributed by atoms with Crippen molar-refractivity contribution in [2.45, 2.75) is 44.9 Å². The van der Waals surface area contributed by atoms with Crippen LogP contribution < -0.4 is 5.32 Å². The number of sulfonamides is 1. The highest BCUT2D eigenvalue weighted by atomic mass is 32.2. The second kappa shape index (κ2) is 10.4. The van der Waals surface area contributed by atoms with Gasteiger partial charge in [0.2, 0.25) is 15.9 Å². The summed E-state index contributed by atoms with van der Waals surface area (Å²) in [6.45, 7) is 12.6. The van der Waals surface area contributed by atoms with Crippen molar-refractivity contribution < 1.29 is 13.2 Å². The van der Waals surface area contributed by atoms with Gasteiger partial charge in [-0.25, -0.2) is 8.42 Å². The third-order valence-corrected chi connectivity index (χ3v) is 8.78.